The highest BCUT2D eigenvalue weighted by atomic mass is 16.5. The van der Waals surface area contributed by atoms with Gasteiger partial charge in [0.05, 0.1) is 27.4 Å². The van der Waals surface area contributed by atoms with Crippen molar-refractivity contribution in [1.82, 2.24) is 14.5 Å². The van der Waals surface area contributed by atoms with E-state index in [1.807, 2.05) is 42.5 Å². The van der Waals surface area contributed by atoms with Crippen LogP contribution in [-0.4, -0.2) is 49.5 Å². The van der Waals surface area contributed by atoms with E-state index in [-0.39, 0.29) is 24.7 Å². The van der Waals surface area contributed by atoms with Gasteiger partial charge in [0.2, 0.25) is 5.91 Å². The average Bonchev–Trinajstić information content (AvgIpc) is 2.91. The van der Waals surface area contributed by atoms with Crippen LogP contribution >= 0.6 is 0 Å². The molecule has 0 bridgehead atoms. The maximum absolute atomic E-state index is 13.2. The van der Waals surface area contributed by atoms with Crippen molar-refractivity contribution >= 4 is 17.4 Å². The van der Waals surface area contributed by atoms with Crippen LogP contribution in [0.2, 0.25) is 0 Å². The van der Waals surface area contributed by atoms with Crippen molar-refractivity contribution in [1.29, 1.82) is 0 Å². The summed E-state index contributed by atoms with van der Waals surface area (Å²) in [4.78, 5) is 38.9. The number of hydrogen-bond acceptors (Lipinski definition) is 8. The molecule has 3 rings (SSSR count). The maximum atomic E-state index is 13.2. The molecule has 0 unspecified atom stereocenters. The number of benzene rings is 2. The number of nitrogens with zero attached hydrogens (tertiary/aromatic N) is 2. The van der Waals surface area contributed by atoms with Gasteiger partial charge >= 0.3 is 5.69 Å². The minimum atomic E-state index is -0.681. The Balaban J connectivity index is 1.76. The molecule has 0 aliphatic carbocycles. The monoisotopic (exact) mass is 511 g/mol. The number of nitrogens with one attached hydrogen (secondary N) is 2. The second kappa shape index (κ2) is 13.2. The molecule has 11 heteroatoms. The van der Waals surface area contributed by atoms with Gasteiger partial charge in [-0.15, -0.1) is 0 Å². The smallest absolute Gasteiger partial charge is 0.333 e. The lowest BCUT2D eigenvalue weighted by atomic mass is 10.1. The normalized spacial score (nSPS) is 10.7. The average molecular weight is 512 g/mol. The topological polar surface area (TPSA) is 139 Å². The zero-order valence-electron chi connectivity index (χ0n) is 21.3. The molecule has 0 fully saturated rings. The Morgan fingerprint density at radius 3 is 2.35 bits per heavy atom. The minimum Gasteiger partial charge on any atom is -0.493 e. The first-order valence-corrected chi connectivity index (χ1v) is 11.8. The van der Waals surface area contributed by atoms with Gasteiger partial charge in [0.25, 0.3) is 5.56 Å². The molecule has 0 atom stereocenters. The van der Waals surface area contributed by atoms with E-state index < -0.39 is 23.7 Å². The van der Waals surface area contributed by atoms with Gasteiger partial charge in [-0.25, -0.2) is 9.36 Å². The van der Waals surface area contributed by atoms with E-state index in [4.69, 9.17) is 19.9 Å². The molecular weight excluding hydrogens is 478 g/mol. The largest absolute Gasteiger partial charge is 0.493 e. The summed E-state index contributed by atoms with van der Waals surface area (Å²) >= 11 is 0. The summed E-state index contributed by atoms with van der Waals surface area (Å²) in [5.41, 5.74) is 6.75. The molecule has 1 aromatic heterocycles. The van der Waals surface area contributed by atoms with Crippen LogP contribution in [0.3, 0.4) is 0 Å². The first kappa shape index (κ1) is 27.3. The summed E-state index contributed by atoms with van der Waals surface area (Å²) < 4.78 is 17.7. The Morgan fingerprint density at radius 1 is 0.946 bits per heavy atom. The minimum absolute atomic E-state index is 0.00640. The molecule has 0 aliphatic rings. The highest BCUT2D eigenvalue weighted by Crippen LogP contribution is 2.27. The van der Waals surface area contributed by atoms with Gasteiger partial charge in [0.1, 0.15) is 18.1 Å². The molecule has 37 heavy (non-hydrogen) atoms. The van der Waals surface area contributed by atoms with Crippen LogP contribution in [0.25, 0.3) is 0 Å². The Hall–Kier alpha value is -4.25. The van der Waals surface area contributed by atoms with Crippen molar-refractivity contribution in [3.63, 3.8) is 0 Å². The van der Waals surface area contributed by atoms with Gasteiger partial charge in [-0.3, -0.25) is 14.2 Å². The van der Waals surface area contributed by atoms with Gasteiger partial charge in [0, 0.05) is 20.2 Å². The van der Waals surface area contributed by atoms with E-state index in [2.05, 4.69) is 10.6 Å². The third kappa shape index (κ3) is 6.91. The van der Waals surface area contributed by atoms with Crippen LogP contribution in [0.5, 0.6) is 11.5 Å². The lowest BCUT2D eigenvalue weighted by Gasteiger charge is -2.17. The Bertz CT molecular complexity index is 1320. The molecule has 198 valence electrons. The van der Waals surface area contributed by atoms with Crippen LogP contribution in [0, 0.1) is 0 Å². The number of methoxy groups -OCH3 is 3. The number of hydrogen-bond donors (Lipinski definition) is 3. The van der Waals surface area contributed by atoms with Crippen LogP contribution < -0.4 is 37.1 Å². The summed E-state index contributed by atoms with van der Waals surface area (Å²) in [5.74, 6) is 0.719. The summed E-state index contributed by atoms with van der Waals surface area (Å²) in [6.07, 6.45) is 0.519. The zero-order chi connectivity index (χ0) is 26.8. The molecule has 0 saturated heterocycles. The predicted octanol–water partition coefficient (Wildman–Crippen LogP) is 1.23. The van der Waals surface area contributed by atoms with E-state index in [0.29, 0.717) is 31.0 Å². The number of nitrogens with two attached hydrogens (primary N) is 1. The molecule has 2 aromatic carbocycles. The van der Waals surface area contributed by atoms with Gasteiger partial charge in [-0.2, -0.15) is 0 Å². The SMILES string of the molecule is COCCn1c(N)c(NCc2ccccc2)c(=O)n(CC(=O)NCCc2ccc(OC)c(OC)c2)c1=O. The highest BCUT2D eigenvalue weighted by Gasteiger charge is 2.19. The lowest BCUT2D eigenvalue weighted by molar-refractivity contribution is -0.121. The maximum Gasteiger partial charge on any atom is 0.333 e. The molecule has 0 aliphatic heterocycles. The molecule has 0 radical (unpaired) electrons. The van der Waals surface area contributed by atoms with Crippen LogP contribution in [0.1, 0.15) is 11.1 Å². The third-order valence-corrected chi connectivity index (χ3v) is 5.78. The van der Waals surface area contributed by atoms with Gasteiger partial charge in [-0.05, 0) is 29.7 Å². The van der Waals surface area contributed by atoms with E-state index >= 15 is 0 Å². The van der Waals surface area contributed by atoms with Crippen molar-refractivity contribution in [2.24, 2.45) is 0 Å². The van der Waals surface area contributed by atoms with Crippen molar-refractivity contribution in [3.8, 4) is 11.5 Å². The van der Waals surface area contributed by atoms with E-state index in [1.54, 1.807) is 20.3 Å². The summed E-state index contributed by atoms with van der Waals surface area (Å²) in [6.45, 7) is 0.506. The summed E-state index contributed by atoms with van der Waals surface area (Å²) in [6, 6.07) is 14.9. The summed E-state index contributed by atoms with van der Waals surface area (Å²) in [7, 11) is 4.61. The van der Waals surface area contributed by atoms with Crippen molar-refractivity contribution < 1.29 is 19.0 Å². The molecule has 1 heterocycles. The zero-order valence-corrected chi connectivity index (χ0v) is 21.3. The standard InChI is InChI=1S/C26H33N5O6/c1-35-14-13-30-24(27)23(29-16-19-7-5-4-6-8-19)25(33)31(26(30)34)17-22(32)28-12-11-18-9-10-20(36-2)21(15-18)37-3/h4-10,15,29H,11-14,16-17,27H2,1-3H3,(H,28,32). The first-order valence-electron chi connectivity index (χ1n) is 11.8. The quantitative estimate of drug-likeness (QED) is 0.311. The number of nitrogen functional groups attached to an aromatic ring is 1. The number of carbonyl (C=O) groups excluding carboxylic acids is 1. The first-order chi connectivity index (χ1) is 17.9. The second-order valence-electron chi connectivity index (χ2n) is 8.21. The Kier molecular flexibility index (Phi) is 9.73. The van der Waals surface area contributed by atoms with Crippen LogP contribution in [0.4, 0.5) is 11.5 Å². The van der Waals surface area contributed by atoms with Crippen LogP contribution in [-0.2, 0) is 35.6 Å². The predicted molar refractivity (Wildman–Crippen MR) is 141 cm³/mol. The number of anilines is 2. The van der Waals surface area contributed by atoms with Crippen molar-refractivity contribution in [2.75, 3.05) is 45.5 Å². The number of aromatic nitrogens is 2. The highest BCUT2D eigenvalue weighted by molar-refractivity contribution is 5.76. The molecule has 1 amide bonds. The number of carbonyl (C=O) groups is 1. The van der Waals surface area contributed by atoms with E-state index in [1.165, 1.54) is 11.7 Å². The van der Waals surface area contributed by atoms with Gasteiger partial charge in [-0.1, -0.05) is 36.4 Å². The molecule has 0 spiro atoms. The molecular formula is C26H33N5O6. The summed E-state index contributed by atoms with van der Waals surface area (Å²) in [5, 5.41) is 5.79. The van der Waals surface area contributed by atoms with Crippen molar-refractivity contribution in [3.05, 3.63) is 80.5 Å². The van der Waals surface area contributed by atoms with Gasteiger partial charge in [0.15, 0.2) is 11.5 Å². The molecule has 11 nitrogen and oxygen atoms in total. The second-order valence-corrected chi connectivity index (χ2v) is 8.21. The van der Waals surface area contributed by atoms with E-state index in [9.17, 15) is 14.4 Å². The lowest BCUT2D eigenvalue weighted by Crippen LogP contribution is -2.46. The fourth-order valence-electron chi connectivity index (χ4n) is 3.79. The number of rotatable bonds is 13. The Labute approximate surface area is 214 Å². The van der Waals surface area contributed by atoms with Gasteiger partial charge < -0.3 is 30.6 Å². The number of amides is 1. The van der Waals surface area contributed by atoms with Crippen molar-refractivity contribution in [2.45, 2.75) is 26.1 Å². The third-order valence-electron chi connectivity index (χ3n) is 5.78. The molecule has 0 saturated carbocycles. The molecule has 3 aromatic rings. The van der Waals surface area contributed by atoms with Crippen LogP contribution in [0.15, 0.2) is 58.1 Å². The van der Waals surface area contributed by atoms with E-state index in [0.717, 1.165) is 15.7 Å². The molecule has 4 N–H and O–H groups in total. The number of ether oxygens (including phenoxy) is 3. The fourth-order valence-corrected chi connectivity index (χ4v) is 3.79. The fraction of sp³-hybridized carbons (Fsp3) is 0.346. The Morgan fingerprint density at radius 2 is 1.68 bits per heavy atom.